The third-order valence-electron chi connectivity index (χ3n) is 2.04. The first kappa shape index (κ1) is 9.77. The van der Waals surface area contributed by atoms with Crippen LogP contribution < -0.4 is 0 Å². The summed E-state index contributed by atoms with van der Waals surface area (Å²) in [6.07, 6.45) is 18.6. The summed E-state index contributed by atoms with van der Waals surface area (Å²) in [6.45, 7) is 4.39. The Balaban J connectivity index is 3.16. The first-order valence-electron chi connectivity index (χ1n) is 4.12. The average Bonchev–Trinajstić information content (AvgIpc) is 2.16. The zero-order valence-corrected chi connectivity index (χ0v) is 8.86. The molecule has 0 spiro atoms. The molecule has 0 aromatic rings. The fourth-order valence-electron chi connectivity index (χ4n) is 1.28. The average molecular weight is 182 g/mol. The highest BCUT2D eigenvalue weighted by molar-refractivity contribution is 6.72. The molecule has 0 N–H and O–H groups in total. The van der Waals surface area contributed by atoms with Gasteiger partial charge in [0.1, 0.15) is 0 Å². The van der Waals surface area contributed by atoms with Gasteiger partial charge in [-0.3, -0.25) is 0 Å². The SMILES string of the molecule is [C]#CC1=CC=C(C#[C])C(=[Si](C)C)C1. The minimum Gasteiger partial charge on any atom is -0.0569 e. The van der Waals surface area contributed by atoms with Crippen molar-refractivity contribution in [2.45, 2.75) is 19.5 Å². The molecule has 62 valence electrons. The largest absolute Gasteiger partial charge is 0.0569 e. The molecule has 2 radical (unpaired) electrons. The lowest BCUT2D eigenvalue weighted by Crippen LogP contribution is -2.15. The molecule has 1 heteroatoms. The smallest absolute Gasteiger partial charge is 0.0244 e. The molecule has 13 heavy (non-hydrogen) atoms. The molecule has 0 atom stereocenters. The van der Waals surface area contributed by atoms with E-state index in [0.717, 1.165) is 17.6 Å². The molecular weight excluding hydrogens is 172 g/mol. The van der Waals surface area contributed by atoms with Gasteiger partial charge in [-0.25, -0.2) is 0 Å². The number of allylic oxidation sites excluding steroid dienone is 4. The first-order valence-corrected chi connectivity index (χ1v) is 6.62. The topological polar surface area (TPSA) is 0 Å². The van der Waals surface area contributed by atoms with Crippen molar-refractivity contribution >= 4 is 13.6 Å². The molecule has 0 saturated carbocycles. The summed E-state index contributed by atoms with van der Waals surface area (Å²) in [5.74, 6) is 4.85. The van der Waals surface area contributed by atoms with Crippen molar-refractivity contribution in [3.63, 3.8) is 0 Å². The van der Waals surface area contributed by atoms with Crippen LogP contribution in [-0.4, -0.2) is 13.6 Å². The highest BCUT2D eigenvalue weighted by atomic mass is 28.2. The van der Waals surface area contributed by atoms with Crippen LogP contribution in [0.1, 0.15) is 6.42 Å². The van der Waals surface area contributed by atoms with Gasteiger partial charge in [0.05, 0.1) is 0 Å². The van der Waals surface area contributed by atoms with Gasteiger partial charge < -0.3 is 0 Å². The first-order chi connectivity index (χ1) is 6.19. The van der Waals surface area contributed by atoms with Gasteiger partial charge in [0.25, 0.3) is 0 Å². The maximum Gasteiger partial charge on any atom is 0.0244 e. The third kappa shape index (κ3) is 2.08. The van der Waals surface area contributed by atoms with Crippen LogP contribution in [0.3, 0.4) is 0 Å². The summed E-state index contributed by atoms with van der Waals surface area (Å²) in [5.41, 5.74) is 1.80. The molecule has 0 saturated heterocycles. The second kappa shape index (κ2) is 4.08. The summed E-state index contributed by atoms with van der Waals surface area (Å²) in [7, 11) is -0.536. The normalized spacial score (nSPS) is 15.2. The molecule has 0 aromatic carbocycles. The zero-order valence-electron chi connectivity index (χ0n) is 7.86. The fraction of sp³-hybridized carbons (Fsp3) is 0.250. The van der Waals surface area contributed by atoms with Crippen LogP contribution in [0, 0.1) is 24.7 Å². The van der Waals surface area contributed by atoms with E-state index in [-0.39, 0.29) is 0 Å². The van der Waals surface area contributed by atoms with Gasteiger partial charge in [0.2, 0.25) is 0 Å². The van der Waals surface area contributed by atoms with Gasteiger partial charge in [-0.2, -0.15) is 0 Å². The summed E-state index contributed by atoms with van der Waals surface area (Å²) >= 11 is 0. The van der Waals surface area contributed by atoms with Crippen LogP contribution in [0.5, 0.6) is 0 Å². The van der Waals surface area contributed by atoms with Crippen LogP contribution in [-0.2, 0) is 0 Å². The molecular formula is C12H10Si. The van der Waals surface area contributed by atoms with Crippen molar-refractivity contribution < 1.29 is 0 Å². The molecule has 0 nitrogen and oxygen atoms in total. The van der Waals surface area contributed by atoms with E-state index in [1.807, 2.05) is 12.2 Å². The standard InChI is InChI=1S/C12H10Si/c1-5-10-7-8-11(6-2)12(9-10)13(3)4/h7-8H,9H2,3-4H3. The highest BCUT2D eigenvalue weighted by Gasteiger charge is 2.10. The molecule has 1 aliphatic carbocycles. The van der Waals surface area contributed by atoms with Crippen molar-refractivity contribution in [3.05, 3.63) is 36.1 Å². The number of hydrogen-bond donors (Lipinski definition) is 0. The molecule has 0 bridgehead atoms. The quantitative estimate of drug-likeness (QED) is 0.397. The minimum absolute atomic E-state index is 0.536. The molecule has 0 amide bonds. The van der Waals surface area contributed by atoms with E-state index in [4.69, 9.17) is 12.8 Å². The molecule has 0 unspecified atom stereocenters. The van der Waals surface area contributed by atoms with Crippen LogP contribution in [0.2, 0.25) is 13.1 Å². The van der Waals surface area contributed by atoms with Crippen molar-refractivity contribution in [3.8, 4) is 11.8 Å². The number of rotatable bonds is 0. The molecule has 0 heterocycles. The zero-order chi connectivity index (χ0) is 9.84. The van der Waals surface area contributed by atoms with Gasteiger partial charge in [-0.05, 0) is 30.2 Å². The van der Waals surface area contributed by atoms with Crippen molar-refractivity contribution in [2.24, 2.45) is 0 Å². The highest BCUT2D eigenvalue weighted by Crippen LogP contribution is 2.14. The second-order valence-corrected chi connectivity index (χ2v) is 5.78. The molecule has 0 aromatic heterocycles. The number of hydrogen-bond acceptors (Lipinski definition) is 0. The Morgan fingerprint density at radius 2 is 1.92 bits per heavy atom. The van der Waals surface area contributed by atoms with E-state index in [0.29, 0.717) is 0 Å². The lowest BCUT2D eigenvalue weighted by molar-refractivity contribution is 1.37. The van der Waals surface area contributed by atoms with Crippen molar-refractivity contribution in [2.75, 3.05) is 0 Å². The Morgan fingerprint density at radius 1 is 1.23 bits per heavy atom. The summed E-state index contributed by atoms with van der Waals surface area (Å²) in [6, 6.07) is 0. The van der Waals surface area contributed by atoms with Crippen LogP contribution in [0.25, 0.3) is 0 Å². The van der Waals surface area contributed by atoms with Crippen LogP contribution in [0.15, 0.2) is 23.3 Å². The van der Waals surface area contributed by atoms with Gasteiger partial charge >= 0.3 is 0 Å². The van der Waals surface area contributed by atoms with E-state index < -0.39 is 8.41 Å². The van der Waals surface area contributed by atoms with E-state index in [9.17, 15) is 0 Å². The van der Waals surface area contributed by atoms with Crippen molar-refractivity contribution in [1.82, 2.24) is 0 Å². The van der Waals surface area contributed by atoms with E-state index >= 15 is 0 Å². The Bertz CT molecular complexity index is 388. The third-order valence-corrected chi connectivity index (χ3v) is 3.70. The molecule has 0 aliphatic heterocycles. The summed E-state index contributed by atoms with van der Waals surface area (Å²) in [5, 5.41) is 1.28. The van der Waals surface area contributed by atoms with Gasteiger partial charge in [-0.15, -0.1) is 0 Å². The van der Waals surface area contributed by atoms with Gasteiger partial charge in [-0.1, -0.05) is 24.9 Å². The van der Waals surface area contributed by atoms with Gasteiger partial charge in [0.15, 0.2) is 0 Å². The Labute approximate surface area is 81.6 Å². The Morgan fingerprint density at radius 3 is 2.38 bits per heavy atom. The van der Waals surface area contributed by atoms with E-state index in [2.05, 4.69) is 24.9 Å². The minimum atomic E-state index is -0.536. The Hall–Kier alpha value is -1.31. The predicted octanol–water partition coefficient (Wildman–Crippen LogP) is 1.93. The van der Waals surface area contributed by atoms with E-state index in [1.165, 1.54) is 5.17 Å². The monoisotopic (exact) mass is 182 g/mol. The Kier molecular flexibility index (Phi) is 3.06. The van der Waals surface area contributed by atoms with E-state index in [1.54, 1.807) is 0 Å². The molecule has 0 fully saturated rings. The maximum atomic E-state index is 7.12. The summed E-state index contributed by atoms with van der Waals surface area (Å²) < 4.78 is 0. The predicted molar refractivity (Wildman–Crippen MR) is 57.5 cm³/mol. The van der Waals surface area contributed by atoms with Crippen LogP contribution >= 0.6 is 0 Å². The maximum absolute atomic E-state index is 7.12. The lowest BCUT2D eigenvalue weighted by Gasteiger charge is -2.13. The second-order valence-electron chi connectivity index (χ2n) is 3.18. The summed E-state index contributed by atoms with van der Waals surface area (Å²) in [4.78, 5) is 0. The molecule has 1 rings (SSSR count). The fourth-order valence-corrected chi connectivity index (χ4v) is 2.51. The van der Waals surface area contributed by atoms with Gasteiger partial charge in [0, 0.05) is 26.0 Å². The van der Waals surface area contributed by atoms with Crippen molar-refractivity contribution in [1.29, 1.82) is 0 Å². The van der Waals surface area contributed by atoms with Crippen LogP contribution in [0.4, 0.5) is 0 Å². The lowest BCUT2D eigenvalue weighted by atomic mass is 9.99. The molecule has 1 aliphatic rings.